The molecule has 3 nitrogen and oxygen atoms in total. The zero-order chi connectivity index (χ0) is 22.0. The van der Waals surface area contributed by atoms with Crippen LogP contribution in [0.1, 0.15) is 18.4 Å². The molecule has 1 N–H and O–H groups in total. The first-order valence-electron chi connectivity index (χ1n) is 10.1. The standard InChI is InChI=1S/C24H23F4NO2/c1-30-17-7-2-5-15(13-17)19-9-4-10-22-20(19)11-12-21(29-22)16-6-3-8-18(14-16)31-24(27,28)23(25)26/h2-5,7-10,13-14,16,21,23,29H,6,11-12H2,1H3/t16?,21-/m1/s1. The van der Waals surface area contributed by atoms with E-state index in [4.69, 9.17) is 4.74 Å². The van der Waals surface area contributed by atoms with Gasteiger partial charge in [0.1, 0.15) is 11.5 Å². The van der Waals surface area contributed by atoms with E-state index in [2.05, 4.69) is 16.1 Å². The Labute approximate surface area is 178 Å². The average molecular weight is 433 g/mol. The van der Waals surface area contributed by atoms with E-state index >= 15 is 0 Å². The lowest BCUT2D eigenvalue weighted by molar-refractivity contribution is -0.280. The molecule has 0 saturated heterocycles. The van der Waals surface area contributed by atoms with E-state index in [1.165, 1.54) is 17.7 Å². The Kier molecular flexibility index (Phi) is 5.94. The number of halogens is 4. The van der Waals surface area contributed by atoms with Crippen molar-refractivity contribution in [2.24, 2.45) is 5.92 Å². The highest BCUT2D eigenvalue weighted by Gasteiger charge is 2.44. The van der Waals surface area contributed by atoms with Crippen LogP contribution in [-0.2, 0) is 11.2 Å². The van der Waals surface area contributed by atoms with Crippen molar-refractivity contribution in [1.29, 1.82) is 0 Å². The van der Waals surface area contributed by atoms with Gasteiger partial charge in [-0.2, -0.15) is 17.6 Å². The number of rotatable bonds is 6. The van der Waals surface area contributed by atoms with Gasteiger partial charge in [0.15, 0.2) is 0 Å². The van der Waals surface area contributed by atoms with E-state index in [9.17, 15) is 17.6 Å². The second kappa shape index (κ2) is 8.65. The van der Waals surface area contributed by atoms with Crippen LogP contribution in [0.4, 0.5) is 23.2 Å². The van der Waals surface area contributed by atoms with E-state index in [0.717, 1.165) is 35.4 Å². The Morgan fingerprint density at radius 2 is 1.94 bits per heavy atom. The lowest BCUT2D eigenvalue weighted by Gasteiger charge is -2.34. The summed E-state index contributed by atoms with van der Waals surface area (Å²) in [4.78, 5) is 0. The van der Waals surface area contributed by atoms with Crippen molar-refractivity contribution in [2.45, 2.75) is 37.8 Å². The van der Waals surface area contributed by atoms with Crippen LogP contribution in [0.25, 0.3) is 11.1 Å². The number of methoxy groups -OCH3 is 1. The predicted octanol–water partition coefficient (Wildman–Crippen LogP) is 6.42. The second-order valence-corrected chi connectivity index (χ2v) is 7.69. The summed E-state index contributed by atoms with van der Waals surface area (Å²) in [7, 11) is 1.63. The first-order chi connectivity index (χ1) is 14.9. The highest BCUT2D eigenvalue weighted by molar-refractivity contribution is 5.75. The smallest absolute Gasteiger partial charge is 0.461 e. The van der Waals surface area contributed by atoms with Gasteiger partial charge in [-0.05, 0) is 66.3 Å². The summed E-state index contributed by atoms with van der Waals surface area (Å²) in [5.74, 6) is 0.422. The molecule has 4 rings (SSSR count). The van der Waals surface area contributed by atoms with Gasteiger partial charge in [-0.1, -0.05) is 30.3 Å². The largest absolute Gasteiger partial charge is 0.497 e. The summed E-state index contributed by atoms with van der Waals surface area (Å²) in [6.07, 6.45) is -1.65. The number of anilines is 1. The molecule has 0 amide bonds. The molecule has 2 aliphatic rings. The molecule has 0 radical (unpaired) electrons. The van der Waals surface area contributed by atoms with Gasteiger partial charge in [-0.3, -0.25) is 0 Å². The molecule has 7 heteroatoms. The third-order valence-corrected chi connectivity index (χ3v) is 5.70. The summed E-state index contributed by atoms with van der Waals surface area (Å²) in [6.45, 7) is 0. The Morgan fingerprint density at radius 1 is 1.13 bits per heavy atom. The fourth-order valence-corrected chi connectivity index (χ4v) is 4.17. The zero-order valence-corrected chi connectivity index (χ0v) is 17.0. The van der Waals surface area contributed by atoms with Crippen LogP contribution < -0.4 is 10.1 Å². The fourth-order valence-electron chi connectivity index (χ4n) is 4.17. The van der Waals surface area contributed by atoms with Crippen molar-refractivity contribution in [3.63, 3.8) is 0 Å². The molecule has 1 aliphatic heterocycles. The molecule has 1 heterocycles. The molecule has 31 heavy (non-hydrogen) atoms. The number of nitrogens with one attached hydrogen (secondary N) is 1. The second-order valence-electron chi connectivity index (χ2n) is 7.69. The zero-order valence-electron chi connectivity index (χ0n) is 17.0. The Hall–Kier alpha value is -2.96. The maximum absolute atomic E-state index is 13.3. The molecule has 164 valence electrons. The van der Waals surface area contributed by atoms with E-state index in [1.807, 2.05) is 36.4 Å². The number of alkyl halides is 4. The van der Waals surface area contributed by atoms with Crippen LogP contribution in [0.2, 0.25) is 0 Å². The first kappa shape index (κ1) is 21.3. The molecule has 0 spiro atoms. The highest BCUT2D eigenvalue weighted by atomic mass is 19.3. The Bertz CT molecular complexity index is 1000. The molecule has 0 bridgehead atoms. The molecule has 0 saturated carbocycles. The maximum Gasteiger partial charge on any atom is 0.461 e. The summed E-state index contributed by atoms with van der Waals surface area (Å²) < 4.78 is 61.1. The minimum absolute atomic E-state index is 0.0169. The summed E-state index contributed by atoms with van der Waals surface area (Å²) >= 11 is 0. The van der Waals surface area contributed by atoms with Crippen molar-refractivity contribution in [3.05, 3.63) is 72.0 Å². The Balaban J connectivity index is 1.54. The van der Waals surface area contributed by atoms with Crippen LogP contribution in [0.15, 0.2) is 66.5 Å². The molecular weight excluding hydrogens is 410 g/mol. The van der Waals surface area contributed by atoms with E-state index in [1.54, 1.807) is 13.2 Å². The molecular formula is C24H23F4NO2. The lowest BCUT2D eigenvalue weighted by atomic mass is 9.83. The molecule has 2 aromatic carbocycles. The molecule has 1 aliphatic carbocycles. The third-order valence-electron chi connectivity index (χ3n) is 5.70. The minimum Gasteiger partial charge on any atom is -0.497 e. The topological polar surface area (TPSA) is 30.5 Å². The summed E-state index contributed by atoms with van der Waals surface area (Å²) in [6, 6.07) is 13.9. The van der Waals surface area contributed by atoms with Crippen molar-refractivity contribution in [2.75, 3.05) is 12.4 Å². The van der Waals surface area contributed by atoms with Gasteiger partial charge in [-0.15, -0.1) is 0 Å². The van der Waals surface area contributed by atoms with Gasteiger partial charge in [0, 0.05) is 17.6 Å². The number of ether oxygens (including phenoxy) is 2. The van der Waals surface area contributed by atoms with Crippen LogP contribution in [0, 0.1) is 5.92 Å². The third kappa shape index (κ3) is 4.55. The molecule has 2 atom stereocenters. The average Bonchev–Trinajstić information content (AvgIpc) is 2.78. The number of hydrogen-bond acceptors (Lipinski definition) is 3. The van der Waals surface area contributed by atoms with Gasteiger partial charge in [0.25, 0.3) is 0 Å². The van der Waals surface area contributed by atoms with Crippen LogP contribution in [0.3, 0.4) is 0 Å². The lowest BCUT2D eigenvalue weighted by Crippen LogP contribution is -2.34. The van der Waals surface area contributed by atoms with Gasteiger partial charge in [0.2, 0.25) is 0 Å². The quantitative estimate of drug-likeness (QED) is 0.533. The van der Waals surface area contributed by atoms with Crippen molar-refractivity contribution < 1.29 is 27.0 Å². The summed E-state index contributed by atoms with van der Waals surface area (Å²) in [5, 5.41) is 3.51. The molecule has 1 unspecified atom stereocenters. The van der Waals surface area contributed by atoms with Crippen molar-refractivity contribution >= 4 is 5.69 Å². The predicted molar refractivity (Wildman–Crippen MR) is 112 cm³/mol. The maximum atomic E-state index is 13.3. The van der Waals surface area contributed by atoms with Gasteiger partial charge < -0.3 is 14.8 Å². The number of fused-ring (bicyclic) bond motifs is 1. The van der Waals surface area contributed by atoms with Gasteiger partial charge in [0.05, 0.1) is 7.11 Å². The molecule has 0 fully saturated rings. The van der Waals surface area contributed by atoms with Crippen molar-refractivity contribution in [1.82, 2.24) is 0 Å². The number of benzene rings is 2. The normalized spacial score (nSPS) is 20.6. The number of hydrogen-bond donors (Lipinski definition) is 1. The van der Waals surface area contributed by atoms with E-state index in [0.29, 0.717) is 6.42 Å². The Morgan fingerprint density at radius 3 is 2.71 bits per heavy atom. The fraction of sp³-hybridized carbons (Fsp3) is 0.333. The summed E-state index contributed by atoms with van der Waals surface area (Å²) in [5.41, 5.74) is 4.34. The SMILES string of the molecule is COc1cccc(-c2cccc3c2CC[C@H](C2C=C(OC(F)(F)C(F)F)C=CC2)N3)c1. The molecule has 2 aromatic rings. The van der Waals surface area contributed by atoms with Crippen LogP contribution >= 0.6 is 0 Å². The first-order valence-corrected chi connectivity index (χ1v) is 10.1. The van der Waals surface area contributed by atoms with Gasteiger partial charge >= 0.3 is 12.5 Å². The van der Waals surface area contributed by atoms with Crippen LogP contribution in [-0.4, -0.2) is 25.7 Å². The monoisotopic (exact) mass is 433 g/mol. The highest BCUT2D eigenvalue weighted by Crippen LogP contribution is 2.38. The number of allylic oxidation sites excluding steroid dienone is 2. The van der Waals surface area contributed by atoms with Crippen molar-refractivity contribution in [3.8, 4) is 16.9 Å². The van der Waals surface area contributed by atoms with Crippen LogP contribution in [0.5, 0.6) is 5.75 Å². The minimum atomic E-state index is -4.50. The van der Waals surface area contributed by atoms with E-state index < -0.39 is 12.5 Å². The van der Waals surface area contributed by atoms with Gasteiger partial charge in [-0.25, -0.2) is 0 Å². The molecule has 0 aromatic heterocycles. The van der Waals surface area contributed by atoms with E-state index in [-0.39, 0.29) is 17.7 Å².